The van der Waals surface area contributed by atoms with E-state index in [4.69, 9.17) is 14.2 Å². The number of rotatable bonds is 7. The van der Waals surface area contributed by atoms with Crippen LogP contribution < -0.4 is 4.74 Å². The normalized spacial score (nSPS) is 26.7. The summed E-state index contributed by atoms with van der Waals surface area (Å²) in [6, 6.07) is 6.53. The van der Waals surface area contributed by atoms with E-state index in [1.807, 2.05) is 26.0 Å². The molecule has 4 atom stereocenters. The Bertz CT molecular complexity index is 943. The SMILES string of the molecule is CC(=O)CC(C(=O)OCOC(=O)Oc1ccc2c(c1)[C@@]13CCCC[C@H]1[C@@H](C2)N(C)CC3)C(C)C. The number of hydrogen-bond acceptors (Lipinski definition) is 7. The second kappa shape index (κ2) is 10.1. The van der Waals surface area contributed by atoms with Crippen molar-refractivity contribution in [2.24, 2.45) is 17.8 Å². The molecule has 4 rings (SSSR count). The number of fused-ring (bicyclic) bond motifs is 1. The van der Waals surface area contributed by atoms with E-state index >= 15 is 0 Å². The number of ether oxygens (including phenoxy) is 3. The third-order valence-electron chi connectivity index (χ3n) is 8.28. The van der Waals surface area contributed by atoms with Crippen molar-refractivity contribution in [3.63, 3.8) is 0 Å². The summed E-state index contributed by atoms with van der Waals surface area (Å²) in [5, 5.41) is 0. The summed E-state index contributed by atoms with van der Waals surface area (Å²) in [6.45, 7) is 5.70. The minimum Gasteiger partial charge on any atom is -0.427 e. The fraction of sp³-hybridized carbons (Fsp3) is 0.667. The maximum absolute atomic E-state index is 12.3. The van der Waals surface area contributed by atoms with Crippen molar-refractivity contribution in [1.29, 1.82) is 0 Å². The number of piperidine rings is 1. The van der Waals surface area contributed by atoms with Crippen LogP contribution in [0.2, 0.25) is 0 Å². The lowest BCUT2D eigenvalue weighted by atomic mass is 9.52. The molecular formula is C27H37NO6. The first-order valence-corrected chi connectivity index (χ1v) is 12.6. The van der Waals surface area contributed by atoms with Gasteiger partial charge in [0.05, 0.1) is 5.92 Å². The topological polar surface area (TPSA) is 82.1 Å². The average molecular weight is 472 g/mol. The first kappa shape index (κ1) is 24.7. The van der Waals surface area contributed by atoms with Crippen LogP contribution in [0.5, 0.6) is 5.75 Å². The molecule has 1 saturated carbocycles. The smallest absolute Gasteiger partial charge is 0.427 e. The third kappa shape index (κ3) is 4.85. The number of Topliss-reactive ketones (excluding diaryl/α,β-unsaturated/α-hetero) is 1. The number of nitrogens with zero attached hydrogens (tertiary/aromatic N) is 1. The molecule has 0 N–H and O–H groups in total. The van der Waals surface area contributed by atoms with Crippen molar-refractivity contribution in [3.05, 3.63) is 29.3 Å². The van der Waals surface area contributed by atoms with E-state index in [2.05, 4.69) is 18.0 Å². The maximum Gasteiger partial charge on any atom is 0.516 e. The minimum absolute atomic E-state index is 0.0546. The molecule has 186 valence electrons. The zero-order valence-corrected chi connectivity index (χ0v) is 20.8. The highest BCUT2D eigenvalue weighted by Crippen LogP contribution is 2.55. The molecule has 3 aliphatic rings. The second-order valence-corrected chi connectivity index (χ2v) is 10.7. The van der Waals surface area contributed by atoms with Crippen LogP contribution in [-0.2, 0) is 30.9 Å². The van der Waals surface area contributed by atoms with Crippen molar-refractivity contribution >= 4 is 17.9 Å². The van der Waals surface area contributed by atoms with Gasteiger partial charge >= 0.3 is 12.1 Å². The minimum atomic E-state index is -0.907. The highest BCUT2D eigenvalue weighted by atomic mass is 16.8. The summed E-state index contributed by atoms with van der Waals surface area (Å²) in [5.74, 6) is -0.134. The Kier molecular flexibility index (Phi) is 7.31. The Labute approximate surface area is 202 Å². The van der Waals surface area contributed by atoms with Crippen LogP contribution in [0, 0.1) is 17.8 Å². The van der Waals surface area contributed by atoms with Gasteiger partial charge in [-0.2, -0.15) is 0 Å². The predicted molar refractivity (Wildman–Crippen MR) is 127 cm³/mol. The lowest BCUT2D eigenvalue weighted by Crippen LogP contribution is -2.59. The molecule has 0 radical (unpaired) electrons. The molecule has 2 aliphatic carbocycles. The van der Waals surface area contributed by atoms with E-state index in [0.717, 1.165) is 19.4 Å². The van der Waals surface area contributed by atoms with Gasteiger partial charge in [-0.15, -0.1) is 0 Å². The van der Waals surface area contributed by atoms with Crippen LogP contribution in [0.1, 0.15) is 70.4 Å². The highest BCUT2D eigenvalue weighted by molar-refractivity contribution is 5.83. The van der Waals surface area contributed by atoms with Gasteiger partial charge in [-0.25, -0.2) is 4.79 Å². The molecular weight excluding hydrogens is 434 g/mol. The number of carbonyl (C=O) groups is 3. The van der Waals surface area contributed by atoms with Crippen LogP contribution in [-0.4, -0.2) is 49.2 Å². The van der Waals surface area contributed by atoms with E-state index in [0.29, 0.717) is 17.7 Å². The molecule has 1 saturated heterocycles. The Hall–Kier alpha value is -2.41. The molecule has 34 heavy (non-hydrogen) atoms. The molecule has 7 heteroatoms. The van der Waals surface area contributed by atoms with E-state index in [1.54, 1.807) is 0 Å². The molecule has 1 unspecified atom stereocenters. The molecule has 0 aromatic heterocycles. The molecule has 1 aliphatic heterocycles. The number of likely N-dealkylation sites (N-methyl/N-ethyl adjacent to an activating group) is 1. The number of ketones is 1. The molecule has 0 spiro atoms. The highest BCUT2D eigenvalue weighted by Gasteiger charge is 2.53. The molecule has 1 aromatic carbocycles. The van der Waals surface area contributed by atoms with Gasteiger partial charge in [0.1, 0.15) is 11.5 Å². The van der Waals surface area contributed by atoms with Crippen molar-refractivity contribution in [1.82, 2.24) is 4.90 Å². The van der Waals surface area contributed by atoms with Gasteiger partial charge in [0.2, 0.25) is 6.79 Å². The van der Waals surface area contributed by atoms with Gasteiger partial charge in [-0.05, 0) is 81.3 Å². The zero-order valence-electron chi connectivity index (χ0n) is 20.8. The van der Waals surface area contributed by atoms with Crippen molar-refractivity contribution in [3.8, 4) is 5.75 Å². The molecule has 0 amide bonds. The number of likely N-dealkylation sites (tertiary alicyclic amines) is 1. The van der Waals surface area contributed by atoms with Crippen LogP contribution in [0.15, 0.2) is 18.2 Å². The Morgan fingerprint density at radius 3 is 2.68 bits per heavy atom. The van der Waals surface area contributed by atoms with Gasteiger partial charge < -0.3 is 23.9 Å². The van der Waals surface area contributed by atoms with Crippen LogP contribution in [0.4, 0.5) is 4.79 Å². The fourth-order valence-electron chi connectivity index (χ4n) is 6.51. The predicted octanol–water partition coefficient (Wildman–Crippen LogP) is 4.64. The number of esters is 1. The van der Waals surface area contributed by atoms with E-state index in [1.165, 1.54) is 43.7 Å². The summed E-state index contributed by atoms with van der Waals surface area (Å²) in [7, 11) is 2.25. The van der Waals surface area contributed by atoms with E-state index in [9.17, 15) is 14.4 Å². The number of carbonyl (C=O) groups excluding carboxylic acids is 3. The van der Waals surface area contributed by atoms with Gasteiger partial charge in [0, 0.05) is 17.9 Å². The van der Waals surface area contributed by atoms with Gasteiger partial charge in [-0.3, -0.25) is 4.79 Å². The second-order valence-electron chi connectivity index (χ2n) is 10.7. The van der Waals surface area contributed by atoms with Gasteiger partial charge in [0.15, 0.2) is 0 Å². The first-order chi connectivity index (χ1) is 16.2. The fourth-order valence-corrected chi connectivity index (χ4v) is 6.51. The van der Waals surface area contributed by atoms with Crippen LogP contribution in [0.25, 0.3) is 0 Å². The molecule has 1 heterocycles. The van der Waals surface area contributed by atoms with Gasteiger partial charge in [0.25, 0.3) is 0 Å². The molecule has 2 bridgehead atoms. The number of hydrogen-bond donors (Lipinski definition) is 0. The first-order valence-electron chi connectivity index (χ1n) is 12.6. The monoisotopic (exact) mass is 471 g/mol. The standard InChI is InChI=1S/C27H37NO6/c1-17(2)21(13-18(3)29)25(30)32-16-33-26(31)34-20-9-8-19-14-24-22-7-5-6-10-27(22,23(19)15-20)11-12-28(24)4/h8-9,15,17,21-22,24H,5-7,10-14,16H2,1-4H3/t21?,22-,24+,27+/m0/s1. The Morgan fingerprint density at radius 2 is 1.94 bits per heavy atom. The Balaban J connectivity index is 1.39. The third-order valence-corrected chi connectivity index (χ3v) is 8.28. The van der Waals surface area contributed by atoms with E-state index < -0.39 is 24.8 Å². The maximum atomic E-state index is 12.3. The Morgan fingerprint density at radius 1 is 1.15 bits per heavy atom. The van der Waals surface area contributed by atoms with Crippen molar-refractivity contribution < 1.29 is 28.6 Å². The largest absolute Gasteiger partial charge is 0.516 e. The summed E-state index contributed by atoms with van der Waals surface area (Å²) < 4.78 is 15.5. The lowest BCUT2D eigenvalue weighted by molar-refractivity contribution is -0.160. The molecule has 1 aromatic rings. The number of benzene rings is 1. The van der Waals surface area contributed by atoms with Crippen molar-refractivity contribution in [2.75, 3.05) is 20.4 Å². The molecule has 7 nitrogen and oxygen atoms in total. The zero-order chi connectivity index (χ0) is 24.5. The summed E-state index contributed by atoms with van der Waals surface area (Å²) in [5.41, 5.74) is 2.86. The van der Waals surface area contributed by atoms with Crippen LogP contribution >= 0.6 is 0 Å². The van der Waals surface area contributed by atoms with Crippen molar-refractivity contribution in [2.45, 2.75) is 77.2 Å². The summed E-state index contributed by atoms with van der Waals surface area (Å²) >= 11 is 0. The summed E-state index contributed by atoms with van der Waals surface area (Å²) in [6.07, 6.45) is 6.35. The molecule has 2 fully saturated rings. The van der Waals surface area contributed by atoms with E-state index in [-0.39, 0.29) is 23.5 Å². The average Bonchev–Trinajstić information content (AvgIpc) is 2.79. The summed E-state index contributed by atoms with van der Waals surface area (Å²) in [4.78, 5) is 38.5. The van der Waals surface area contributed by atoms with Crippen LogP contribution in [0.3, 0.4) is 0 Å². The quantitative estimate of drug-likeness (QED) is 0.325. The van der Waals surface area contributed by atoms with Gasteiger partial charge in [-0.1, -0.05) is 32.8 Å². The lowest BCUT2D eigenvalue weighted by Gasteiger charge is -2.58.